The molecule has 0 aromatic heterocycles. The Bertz CT molecular complexity index is 330. The molecular weight excluding hydrogens is 250 g/mol. The van der Waals surface area contributed by atoms with E-state index in [-0.39, 0.29) is 12.3 Å². The molecule has 1 aromatic rings. The molecule has 0 saturated carbocycles. The van der Waals surface area contributed by atoms with Crippen LogP contribution < -0.4 is 10.5 Å². The lowest BCUT2D eigenvalue weighted by molar-refractivity contribution is 0.182. The smallest absolute Gasteiger partial charge is 0.142 e. The van der Waals surface area contributed by atoms with Crippen LogP contribution in [0.3, 0.4) is 0 Å². The number of benzene rings is 1. The fraction of sp³-hybridized carbons (Fsp3) is 0.333. The van der Waals surface area contributed by atoms with E-state index in [1.54, 1.807) is 6.07 Å². The molecule has 1 aromatic carbocycles. The Morgan fingerprint density at radius 3 is 2.71 bits per heavy atom. The fourth-order valence-electron chi connectivity index (χ4n) is 1.16. The Kier molecular flexibility index (Phi) is 3.74. The van der Waals surface area contributed by atoms with Gasteiger partial charge in [0.05, 0.1) is 13.2 Å². The van der Waals surface area contributed by atoms with Gasteiger partial charge in [-0.15, -0.1) is 0 Å². The van der Waals surface area contributed by atoms with Gasteiger partial charge in [-0.1, -0.05) is 0 Å². The Morgan fingerprint density at radius 1 is 1.57 bits per heavy atom. The topological polar surface area (TPSA) is 75.7 Å². The zero-order valence-corrected chi connectivity index (χ0v) is 9.28. The minimum atomic E-state index is -0.790. The molecule has 0 aliphatic rings. The molecule has 78 valence electrons. The maximum absolute atomic E-state index is 9.55. The molecule has 0 radical (unpaired) electrons. The van der Waals surface area contributed by atoms with Gasteiger partial charge in [0.15, 0.2) is 0 Å². The second-order valence-electron chi connectivity index (χ2n) is 2.77. The molecule has 1 atom stereocenters. The zero-order valence-electron chi connectivity index (χ0n) is 7.70. The first kappa shape index (κ1) is 11.3. The van der Waals surface area contributed by atoms with Crippen molar-refractivity contribution in [2.75, 3.05) is 13.7 Å². The van der Waals surface area contributed by atoms with Crippen LogP contribution in [0.1, 0.15) is 11.7 Å². The van der Waals surface area contributed by atoms with Gasteiger partial charge in [0.25, 0.3) is 0 Å². The Balaban J connectivity index is 3.23. The van der Waals surface area contributed by atoms with Crippen molar-refractivity contribution in [1.29, 1.82) is 0 Å². The van der Waals surface area contributed by atoms with Gasteiger partial charge in [-0.25, -0.2) is 0 Å². The van der Waals surface area contributed by atoms with Gasteiger partial charge in [-0.2, -0.15) is 0 Å². The number of halogens is 1. The summed E-state index contributed by atoms with van der Waals surface area (Å²) in [5, 5.41) is 18.9. The number of aromatic hydroxyl groups is 1. The first-order valence-corrected chi connectivity index (χ1v) is 4.84. The minimum Gasteiger partial charge on any atom is -0.507 e. The van der Waals surface area contributed by atoms with Crippen molar-refractivity contribution in [2.45, 2.75) is 6.10 Å². The predicted molar refractivity (Wildman–Crippen MR) is 56.4 cm³/mol. The first-order chi connectivity index (χ1) is 6.61. The Hall–Kier alpha value is -0.780. The zero-order chi connectivity index (χ0) is 10.7. The van der Waals surface area contributed by atoms with Crippen LogP contribution in [0.5, 0.6) is 11.5 Å². The standard InChI is InChI=1S/C9H12BrNO3/c1-14-9-5(7(13)4-11)2-3-6(12)8(9)10/h2-3,7,12-13H,4,11H2,1H3. The summed E-state index contributed by atoms with van der Waals surface area (Å²) in [7, 11) is 1.46. The van der Waals surface area contributed by atoms with Crippen molar-refractivity contribution >= 4 is 15.9 Å². The Labute approximate surface area is 90.4 Å². The van der Waals surface area contributed by atoms with Crippen LogP contribution in [0.4, 0.5) is 0 Å². The number of rotatable bonds is 3. The number of aliphatic hydroxyl groups is 1. The number of hydrogen-bond donors (Lipinski definition) is 3. The summed E-state index contributed by atoms with van der Waals surface area (Å²) in [6.07, 6.45) is -0.790. The van der Waals surface area contributed by atoms with E-state index < -0.39 is 6.10 Å². The van der Waals surface area contributed by atoms with Gasteiger partial charge in [0.1, 0.15) is 16.0 Å². The summed E-state index contributed by atoms with van der Waals surface area (Å²) in [5.74, 6) is 0.470. The van der Waals surface area contributed by atoms with Crippen LogP contribution in [-0.2, 0) is 0 Å². The highest BCUT2D eigenvalue weighted by molar-refractivity contribution is 9.10. The lowest BCUT2D eigenvalue weighted by Crippen LogP contribution is -2.12. The number of phenols is 1. The van der Waals surface area contributed by atoms with Crippen LogP contribution >= 0.6 is 15.9 Å². The molecule has 1 unspecified atom stereocenters. The third kappa shape index (κ3) is 2.00. The lowest BCUT2D eigenvalue weighted by Gasteiger charge is -2.14. The molecule has 0 amide bonds. The van der Waals surface area contributed by atoms with E-state index >= 15 is 0 Å². The van der Waals surface area contributed by atoms with Crippen LogP contribution in [0, 0.1) is 0 Å². The average molecular weight is 262 g/mol. The minimum absolute atomic E-state index is 0.0646. The number of methoxy groups -OCH3 is 1. The first-order valence-electron chi connectivity index (χ1n) is 4.05. The maximum Gasteiger partial charge on any atom is 0.142 e. The van der Waals surface area contributed by atoms with E-state index in [1.165, 1.54) is 13.2 Å². The molecular formula is C9H12BrNO3. The number of hydrogen-bond acceptors (Lipinski definition) is 4. The van der Waals surface area contributed by atoms with Gasteiger partial charge >= 0.3 is 0 Å². The molecule has 5 heteroatoms. The predicted octanol–water partition coefficient (Wildman–Crippen LogP) is 1.16. The van der Waals surface area contributed by atoms with Crippen molar-refractivity contribution in [3.63, 3.8) is 0 Å². The van der Waals surface area contributed by atoms with Crippen molar-refractivity contribution in [1.82, 2.24) is 0 Å². The van der Waals surface area contributed by atoms with Crippen LogP contribution in [0.15, 0.2) is 16.6 Å². The molecule has 0 saturated heterocycles. The van der Waals surface area contributed by atoms with Crippen molar-refractivity contribution in [3.05, 3.63) is 22.2 Å². The second kappa shape index (κ2) is 4.63. The summed E-state index contributed by atoms with van der Waals surface area (Å²) in [4.78, 5) is 0. The number of ether oxygens (including phenoxy) is 1. The molecule has 0 aliphatic heterocycles. The van der Waals surface area contributed by atoms with Gasteiger partial charge in [0, 0.05) is 12.1 Å². The molecule has 0 spiro atoms. The number of nitrogens with two attached hydrogens (primary N) is 1. The van der Waals surface area contributed by atoms with E-state index in [0.717, 1.165) is 0 Å². The third-order valence-electron chi connectivity index (χ3n) is 1.89. The second-order valence-corrected chi connectivity index (χ2v) is 3.57. The van der Waals surface area contributed by atoms with Gasteiger partial charge in [-0.05, 0) is 28.1 Å². The molecule has 1 rings (SSSR count). The number of aliphatic hydroxyl groups excluding tert-OH is 1. The van der Waals surface area contributed by atoms with Gasteiger partial charge in [0.2, 0.25) is 0 Å². The quantitative estimate of drug-likeness (QED) is 0.763. The summed E-state index contributed by atoms with van der Waals surface area (Å²) in [6, 6.07) is 3.05. The maximum atomic E-state index is 9.55. The van der Waals surface area contributed by atoms with Gasteiger partial charge in [-0.3, -0.25) is 0 Å². The fourth-order valence-corrected chi connectivity index (χ4v) is 1.68. The highest BCUT2D eigenvalue weighted by atomic mass is 79.9. The summed E-state index contributed by atoms with van der Waals surface area (Å²) in [5.41, 5.74) is 5.89. The van der Waals surface area contributed by atoms with Crippen molar-refractivity contribution < 1.29 is 14.9 Å². The Morgan fingerprint density at radius 2 is 2.21 bits per heavy atom. The van der Waals surface area contributed by atoms with Crippen LogP contribution in [0.2, 0.25) is 0 Å². The third-order valence-corrected chi connectivity index (χ3v) is 2.66. The molecule has 4 nitrogen and oxygen atoms in total. The summed E-state index contributed by atoms with van der Waals surface area (Å²) >= 11 is 3.16. The molecule has 0 fully saturated rings. The lowest BCUT2D eigenvalue weighted by atomic mass is 10.1. The molecule has 0 bridgehead atoms. The van der Waals surface area contributed by atoms with E-state index in [2.05, 4.69) is 15.9 Å². The number of phenolic OH excluding ortho intramolecular Hbond substituents is 1. The largest absolute Gasteiger partial charge is 0.507 e. The highest BCUT2D eigenvalue weighted by Crippen LogP contribution is 2.38. The van der Waals surface area contributed by atoms with E-state index in [4.69, 9.17) is 10.5 Å². The highest BCUT2D eigenvalue weighted by Gasteiger charge is 2.16. The van der Waals surface area contributed by atoms with Crippen molar-refractivity contribution in [3.8, 4) is 11.5 Å². The normalized spacial score (nSPS) is 12.6. The summed E-state index contributed by atoms with van der Waals surface area (Å²) in [6.45, 7) is 0.105. The van der Waals surface area contributed by atoms with E-state index in [9.17, 15) is 10.2 Å². The van der Waals surface area contributed by atoms with Crippen LogP contribution in [0.25, 0.3) is 0 Å². The molecule has 0 heterocycles. The van der Waals surface area contributed by atoms with E-state index in [1.807, 2.05) is 0 Å². The molecule has 14 heavy (non-hydrogen) atoms. The monoisotopic (exact) mass is 261 g/mol. The van der Waals surface area contributed by atoms with Crippen LogP contribution in [-0.4, -0.2) is 23.9 Å². The SMILES string of the molecule is COc1c(C(O)CN)ccc(O)c1Br. The van der Waals surface area contributed by atoms with Crippen molar-refractivity contribution in [2.24, 2.45) is 5.73 Å². The molecule has 4 N–H and O–H groups in total. The average Bonchev–Trinajstić information content (AvgIpc) is 2.20. The molecule has 0 aliphatic carbocycles. The summed E-state index contributed by atoms with van der Waals surface area (Å²) < 4.78 is 5.48. The van der Waals surface area contributed by atoms with E-state index in [0.29, 0.717) is 15.8 Å². The van der Waals surface area contributed by atoms with Gasteiger partial charge < -0.3 is 20.7 Å².